The van der Waals surface area contributed by atoms with Crippen LogP contribution in [0.4, 0.5) is 15.8 Å². The van der Waals surface area contributed by atoms with Crippen LogP contribution in [0.25, 0.3) is 33.3 Å². The number of aromatic amines is 1. The van der Waals surface area contributed by atoms with Crippen molar-refractivity contribution in [2.75, 3.05) is 23.3 Å². The molecule has 36 heavy (non-hydrogen) atoms. The van der Waals surface area contributed by atoms with Crippen LogP contribution in [0.3, 0.4) is 0 Å². The van der Waals surface area contributed by atoms with E-state index < -0.39 is 0 Å². The lowest BCUT2D eigenvalue weighted by molar-refractivity contribution is 0.102. The van der Waals surface area contributed by atoms with Gasteiger partial charge in [-0.25, -0.2) is 4.39 Å². The predicted molar refractivity (Wildman–Crippen MR) is 138 cm³/mol. The summed E-state index contributed by atoms with van der Waals surface area (Å²) >= 11 is 0. The lowest BCUT2D eigenvalue weighted by atomic mass is 10.0. The molecule has 1 amide bonds. The molecule has 0 atom stereocenters. The number of anilines is 2. The molecule has 1 saturated heterocycles. The molecule has 2 aromatic carbocycles. The van der Waals surface area contributed by atoms with E-state index in [1.807, 2.05) is 30.6 Å². The van der Waals surface area contributed by atoms with Crippen LogP contribution in [0, 0.1) is 5.82 Å². The standard InChI is InChI=1S/C28H23FN6O/c29-24-6-2-1-5-22(24)25-10-8-20(16-31-25)32-28(36)27-23-14-18(7-9-26(23)33-34-27)19-13-21(17-30-15-19)35-11-3-4-12-35/h1-2,5-10,13-17H,3-4,11-12H2,(H,32,36)(H,33,34). The number of H-pyrrole nitrogens is 1. The van der Waals surface area contributed by atoms with Gasteiger partial charge in [-0.1, -0.05) is 18.2 Å². The third kappa shape index (κ3) is 4.17. The lowest BCUT2D eigenvalue weighted by Crippen LogP contribution is -2.17. The Balaban J connectivity index is 1.25. The van der Waals surface area contributed by atoms with E-state index in [-0.39, 0.29) is 17.4 Å². The van der Waals surface area contributed by atoms with Gasteiger partial charge in [-0.15, -0.1) is 0 Å². The molecule has 3 aromatic heterocycles. The highest BCUT2D eigenvalue weighted by Gasteiger charge is 2.17. The number of hydrogen-bond donors (Lipinski definition) is 2. The molecular formula is C28H23FN6O. The molecule has 178 valence electrons. The fourth-order valence-corrected chi connectivity index (χ4v) is 4.59. The van der Waals surface area contributed by atoms with E-state index >= 15 is 0 Å². The number of fused-ring (bicyclic) bond motifs is 1. The zero-order valence-electron chi connectivity index (χ0n) is 19.4. The molecule has 0 bridgehead atoms. The number of nitrogens with one attached hydrogen (secondary N) is 2. The first kappa shape index (κ1) is 21.9. The van der Waals surface area contributed by atoms with E-state index in [0.717, 1.165) is 35.4 Å². The molecule has 0 spiro atoms. The molecule has 8 heteroatoms. The Morgan fingerprint density at radius 2 is 1.81 bits per heavy atom. The first-order valence-electron chi connectivity index (χ1n) is 11.9. The van der Waals surface area contributed by atoms with E-state index in [1.165, 1.54) is 25.1 Å². The normalized spacial score (nSPS) is 13.3. The van der Waals surface area contributed by atoms with Crippen molar-refractivity contribution in [2.24, 2.45) is 0 Å². The zero-order chi connectivity index (χ0) is 24.5. The van der Waals surface area contributed by atoms with E-state index in [2.05, 4.69) is 36.4 Å². The number of aromatic nitrogens is 4. The van der Waals surface area contributed by atoms with Gasteiger partial charge in [0, 0.05) is 35.8 Å². The SMILES string of the molecule is O=C(Nc1ccc(-c2ccccc2F)nc1)c1n[nH]c2ccc(-c3cncc(N4CCCC4)c3)cc12. The second-order valence-electron chi connectivity index (χ2n) is 8.82. The minimum absolute atomic E-state index is 0.286. The number of carbonyl (C=O) groups is 1. The second-order valence-corrected chi connectivity index (χ2v) is 8.82. The summed E-state index contributed by atoms with van der Waals surface area (Å²) in [6, 6.07) is 17.8. The smallest absolute Gasteiger partial charge is 0.276 e. The van der Waals surface area contributed by atoms with Gasteiger partial charge in [0.25, 0.3) is 5.91 Å². The third-order valence-electron chi connectivity index (χ3n) is 6.48. The number of hydrogen-bond acceptors (Lipinski definition) is 5. The molecular weight excluding hydrogens is 455 g/mol. The van der Waals surface area contributed by atoms with Crippen molar-refractivity contribution in [3.8, 4) is 22.4 Å². The lowest BCUT2D eigenvalue weighted by Gasteiger charge is -2.17. The van der Waals surface area contributed by atoms with Crippen LogP contribution in [0.15, 0.2) is 79.3 Å². The Morgan fingerprint density at radius 1 is 0.944 bits per heavy atom. The summed E-state index contributed by atoms with van der Waals surface area (Å²) in [6.07, 6.45) is 7.64. The van der Waals surface area contributed by atoms with Crippen LogP contribution < -0.4 is 10.2 Å². The zero-order valence-corrected chi connectivity index (χ0v) is 19.4. The van der Waals surface area contributed by atoms with Crippen LogP contribution in [-0.2, 0) is 0 Å². The van der Waals surface area contributed by atoms with Crippen molar-refractivity contribution >= 4 is 28.2 Å². The Morgan fingerprint density at radius 3 is 2.61 bits per heavy atom. The Bertz CT molecular complexity index is 1560. The van der Waals surface area contributed by atoms with Crippen LogP contribution in [0.2, 0.25) is 0 Å². The summed E-state index contributed by atoms with van der Waals surface area (Å²) < 4.78 is 14.0. The van der Waals surface area contributed by atoms with Crippen LogP contribution in [0.5, 0.6) is 0 Å². The molecule has 0 saturated carbocycles. The summed E-state index contributed by atoms with van der Waals surface area (Å²) in [4.78, 5) is 24.2. The molecule has 4 heterocycles. The fraction of sp³-hybridized carbons (Fsp3) is 0.143. The highest BCUT2D eigenvalue weighted by molar-refractivity contribution is 6.11. The minimum atomic E-state index is -0.359. The molecule has 5 aromatic rings. The van der Waals surface area contributed by atoms with Crippen molar-refractivity contribution in [1.82, 2.24) is 20.2 Å². The second kappa shape index (κ2) is 9.22. The summed E-state index contributed by atoms with van der Waals surface area (Å²) in [5, 5.41) is 10.7. The predicted octanol–water partition coefficient (Wildman–Crippen LogP) is 5.68. The number of benzene rings is 2. The monoisotopic (exact) mass is 478 g/mol. The Kier molecular flexibility index (Phi) is 5.61. The van der Waals surface area contributed by atoms with E-state index in [4.69, 9.17) is 0 Å². The van der Waals surface area contributed by atoms with E-state index in [1.54, 1.807) is 30.3 Å². The molecule has 6 rings (SSSR count). The number of pyridine rings is 2. The number of amides is 1. The van der Waals surface area contributed by atoms with Crippen molar-refractivity contribution in [1.29, 1.82) is 0 Å². The minimum Gasteiger partial charge on any atom is -0.370 e. The van der Waals surface area contributed by atoms with Crippen LogP contribution >= 0.6 is 0 Å². The molecule has 1 aliphatic heterocycles. The van der Waals surface area contributed by atoms with Gasteiger partial charge in [0.2, 0.25) is 0 Å². The van der Waals surface area contributed by atoms with Crippen molar-refractivity contribution in [3.63, 3.8) is 0 Å². The highest BCUT2D eigenvalue weighted by atomic mass is 19.1. The average Bonchev–Trinajstić information content (AvgIpc) is 3.60. The number of carbonyl (C=O) groups excluding carboxylic acids is 1. The van der Waals surface area contributed by atoms with Gasteiger partial charge in [0.15, 0.2) is 5.69 Å². The quantitative estimate of drug-likeness (QED) is 0.339. The van der Waals surface area contributed by atoms with Gasteiger partial charge in [0.05, 0.1) is 35.0 Å². The summed E-state index contributed by atoms with van der Waals surface area (Å²) in [5.41, 5.74) is 5.50. The van der Waals surface area contributed by atoms with Gasteiger partial charge in [0.1, 0.15) is 5.82 Å². The fourth-order valence-electron chi connectivity index (χ4n) is 4.59. The average molecular weight is 479 g/mol. The summed E-state index contributed by atoms with van der Waals surface area (Å²) in [6.45, 7) is 2.10. The van der Waals surface area contributed by atoms with Crippen LogP contribution in [-0.4, -0.2) is 39.2 Å². The Hall–Kier alpha value is -4.59. The molecule has 7 nitrogen and oxygen atoms in total. The molecule has 2 N–H and O–H groups in total. The van der Waals surface area contributed by atoms with Gasteiger partial charge < -0.3 is 10.2 Å². The van der Waals surface area contributed by atoms with Gasteiger partial charge in [-0.05, 0) is 60.9 Å². The maximum atomic E-state index is 14.0. The van der Waals surface area contributed by atoms with Crippen molar-refractivity contribution in [2.45, 2.75) is 12.8 Å². The molecule has 0 radical (unpaired) electrons. The van der Waals surface area contributed by atoms with Crippen molar-refractivity contribution in [3.05, 3.63) is 90.8 Å². The summed E-state index contributed by atoms with van der Waals surface area (Å²) in [7, 11) is 0. The molecule has 1 aliphatic rings. The molecule has 0 unspecified atom stereocenters. The number of nitrogens with zero attached hydrogens (tertiary/aromatic N) is 4. The van der Waals surface area contributed by atoms with Crippen LogP contribution in [0.1, 0.15) is 23.3 Å². The third-order valence-corrected chi connectivity index (χ3v) is 6.48. The van der Waals surface area contributed by atoms with Crippen molar-refractivity contribution < 1.29 is 9.18 Å². The number of rotatable bonds is 5. The summed E-state index contributed by atoms with van der Waals surface area (Å²) in [5.74, 6) is -0.704. The topological polar surface area (TPSA) is 86.8 Å². The first-order valence-corrected chi connectivity index (χ1v) is 11.9. The maximum absolute atomic E-state index is 14.0. The van der Waals surface area contributed by atoms with E-state index in [0.29, 0.717) is 22.3 Å². The Labute approximate surface area is 207 Å². The molecule has 0 aliphatic carbocycles. The van der Waals surface area contributed by atoms with Gasteiger partial charge in [-0.2, -0.15) is 5.10 Å². The molecule has 1 fully saturated rings. The largest absolute Gasteiger partial charge is 0.370 e. The van der Waals surface area contributed by atoms with Gasteiger partial charge >= 0.3 is 0 Å². The first-order chi connectivity index (χ1) is 17.7. The number of halogens is 1. The van der Waals surface area contributed by atoms with E-state index in [9.17, 15) is 9.18 Å². The maximum Gasteiger partial charge on any atom is 0.276 e. The van der Waals surface area contributed by atoms with Gasteiger partial charge in [-0.3, -0.25) is 19.9 Å². The highest BCUT2D eigenvalue weighted by Crippen LogP contribution is 2.29.